The Balaban J connectivity index is 3.99. The lowest BCUT2D eigenvalue weighted by molar-refractivity contribution is -0.149. The molecule has 0 spiro atoms. The molecule has 0 rings (SSSR count). The molecule has 0 aliphatic carbocycles. The van der Waals surface area contributed by atoms with Gasteiger partial charge in [-0.25, -0.2) is 0 Å². The second-order valence-corrected chi connectivity index (χ2v) is 4.78. The van der Waals surface area contributed by atoms with E-state index in [0.717, 1.165) is 19.3 Å². The van der Waals surface area contributed by atoms with Crippen LogP contribution in [-0.4, -0.2) is 36.5 Å². The first-order valence-electron chi connectivity index (χ1n) is 7.59. The van der Waals surface area contributed by atoms with Crippen LogP contribution in [-0.2, 0) is 14.3 Å². The quantitative estimate of drug-likeness (QED) is 0.428. The van der Waals surface area contributed by atoms with Gasteiger partial charge in [-0.1, -0.05) is 39.5 Å². The van der Waals surface area contributed by atoms with Crippen molar-refractivity contribution in [2.24, 2.45) is 0 Å². The van der Waals surface area contributed by atoms with Crippen LogP contribution in [0.4, 0.5) is 0 Å². The Morgan fingerprint density at radius 3 is 2.21 bits per heavy atom. The number of hydrogen-bond donors (Lipinski definition) is 0. The molecule has 0 aliphatic heterocycles. The Morgan fingerprint density at radius 2 is 1.63 bits per heavy atom. The number of carbonyl (C=O) groups is 2. The standard InChI is InChI=1S/C15H29NO3/c1-4-7-8-9-10-11-14(17)16(12-5-2)13-15(18)19-6-3/h4-13H2,1-3H3. The van der Waals surface area contributed by atoms with Crippen molar-refractivity contribution in [3.63, 3.8) is 0 Å². The molecule has 0 bridgehead atoms. The smallest absolute Gasteiger partial charge is 0.325 e. The number of carbonyl (C=O) groups excluding carboxylic acids is 2. The van der Waals surface area contributed by atoms with Crippen molar-refractivity contribution < 1.29 is 14.3 Å². The summed E-state index contributed by atoms with van der Waals surface area (Å²) in [6.45, 7) is 7.05. The van der Waals surface area contributed by atoms with E-state index in [9.17, 15) is 9.59 Å². The summed E-state index contributed by atoms with van der Waals surface area (Å²) in [4.78, 5) is 25.1. The van der Waals surface area contributed by atoms with E-state index in [4.69, 9.17) is 4.74 Å². The monoisotopic (exact) mass is 271 g/mol. The van der Waals surface area contributed by atoms with Crippen LogP contribution in [0.5, 0.6) is 0 Å². The SMILES string of the molecule is CCCCCCCC(=O)N(CCC)CC(=O)OCC. The molecule has 1 amide bonds. The van der Waals surface area contributed by atoms with Crippen molar-refractivity contribution in [3.05, 3.63) is 0 Å². The lowest BCUT2D eigenvalue weighted by atomic mass is 10.1. The van der Waals surface area contributed by atoms with Crippen LogP contribution in [0.2, 0.25) is 0 Å². The number of esters is 1. The number of nitrogens with zero attached hydrogens (tertiary/aromatic N) is 1. The van der Waals surface area contributed by atoms with Gasteiger partial charge in [-0.3, -0.25) is 9.59 Å². The molecule has 0 saturated carbocycles. The predicted molar refractivity (Wildman–Crippen MR) is 76.9 cm³/mol. The largest absolute Gasteiger partial charge is 0.465 e. The highest BCUT2D eigenvalue weighted by Gasteiger charge is 2.16. The van der Waals surface area contributed by atoms with Gasteiger partial charge in [0, 0.05) is 13.0 Å². The van der Waals surface area contributed by atoms with Gasteiger partial charge >= 0.3 is 5.97 Å². The third-order valence-electron chi connectivity index (χ3n) is 2.97. The molecule has 0 heterocycles. The Morgan fingerprint density at radius 1 is 0.947 bits per heavy atom. The number of ether oxygens (including phenoxy) is 1. The van der Waals surface area contributed by atoms with Crippen LogP contribution in [0.15, 0.2) is 0 Å². The molecule has 4 heteroatoms. The average molecular weight is 271 g/mol. The molecule has 0 radical (unpaired) electrons. The van der Waals surface area contributed by atoms with Crippen LogP contribution in [0.3, 0.4) is 0 Å². The minimum Gasteiger partial charge on any atom is -0.465 e. The normalized spacial score (nSPS) is 10.3. The first-order chi connectivity index (χ1) is 9.15. The van der Waals surface area contributed by atoms with Gasteiger partial charge in [-0.2, -0.15) is 0 Å². The summed E-state index contributed by atoms with van der Waals surface area (Å²) >= 11 is 0. The Labute approximate surface area is 117 Å². The predicted octanol–water partition coefficient (Wildman–Crippen LogP) is 3.15. The van der Waals surface area contributed by atoms with Gasteiger partial charge in [0.2, 0.25) is 5.91 Å². The van der Waals surface area contributed by atoms with E-state index in [-0.39, 0.29) is 18.4 Å². The highest BCUT2D eigenvalue weighted by Crippen LogP contribution is 2.07. The molecule has 0 aromatic rings. The minimum absolute atomic E-state index is 0.0754. The number of rotatable bonds is 11. The topological polar surface area (TPSA) is 46.6 Å². The fourth-order valence-corrected chi connectivity index (χ4v) is 1.96. The molecule has 0 aromatic carbocycles. The lowest BCUT2D eigenvalue weighted by Gasteiger charge is -2.21. The highest BCUT2D eigenvalue weighted by molar-refractivity contribution is 5.82. The zero-order valence-electron chi connectivity index (χ0n) is 12.7. The highest BCUT2D eigenvalue weighted by atomic mass is 16.5. The van der Waals surface area contributed by atoms with Crippen LogP contribution >= 0.6 is 0 Å². The maximum atomic E-state index is 12.0. The molecular formula is C15H29NO3. The van der Waals surface area contributed by atoms with E-state index < -0.39 is 0 Å². The minimum atomic E-state index is -0.310. The molecule has 0 atom stereocenters. The number of hydrogen-bond acceptors (Lipinski definition) is 3. The molecule has 112 valence electrons. The third kappa shape index (κ3) is 9.51. The maximum Gasteiger partial charge on any atom is 0.325 e. The van der Waals surface area contributed by atoms with E-state index in [2.05, 4.69) is 6.92 Å². The van der Waals surface area contributed by atoms with E-state index in [1.54, 1.807) is 11.8 Å². The van der Waals surface area contributed by atoms with Crippen molar-refractivity contribution in [2.45, 2.75) is 65.7 Å². The van der Waals surface area contributed by atoms with E-state index >= 15 is 0 Å². The second kappa shape index (κ2) is 12.0. The summed E-state index contributed by atoms with van der Waals surface area (Å²) in [7, 11) is 0. The summed E-state index contributed by atoms with van der Waals surface area (Å²) in [6, 6.07) is 0. The van der Waals surface area contributed by atoms with Gasteiger partial charge in [-0.05, 0) is 19.8 Å². The number of amides is 1. The van der Waals surface area contributed by atoms with E-state index in [0.29, 0.717) is 19.6 Å². The van der Waals surface area contributed by atoms with Gasteiger partial charge in [0.15, 0.2) is 0 Å². The van der Waals surface area contributed by atoms with Gasteiger partial charge in [0.1, 0.15) is 6.54 Å². The molecule has 4 nitrogen and oxygen atoms in total. The molecule has 19 heavy (non-hydrogen) atoms. The zero-order valence-corrected chi connectivity index (χ0v) is 12.7. The van der Waals surface area contributed by atoms with E-state index in [1.165, 1.54) is 19.3 Å². The Bertz CT molecular complexity index is 254. The van der Waals surface area contributed by atoms with E-state index in [1.807, 2.05) is 6.92 Å². The van der Waals surface area contributed by atoms with Gasteiger partial charge in [0.05, 0.1) is 6.61 Å². The fraction of sp³-hybridized carbons (Fsp3) is 0.867. The Hall–Kier alpha value is -1.06. The molecule has 0 saturated heterocycles. The lowest BCUT2D eigenvalue weighted by Crippen LogP contribution is -2.36. The molecule has 0 aromatic heterocycles. The third-order valence-corrected chi connectivity index (χ3v) is 2.97. The molecular weight excluding hydrogens is 242 g/mol. The first kappa shape index (κ1) is 17.9. The van der Waals surface area contributed by atoms with Crippen molar-refractivity contribution >= 4 is 11.9 Å². The summed E-state index contributed by atoms with van der Waals surface area (Å²) in [6.07, 6.45) is 7.05. The van der Waals surface area contributed by atoms with Gasteiger partial charge in [0.25, 0.3) is 0 Å². The van der Waals surface area contributed by atoms with Crippen molar-refractivity contribution in [1.82, 2.24) is 4.90 Å². The van der Waals surface area contributed by atoms with Crippen molar-refractivity contribution in [2.75, 3.05) is 19.7 Å². The molecule has 0 fully saturated rings. The molecule has 0 N–H and O–H groups in total. The van der Waals surface area contributed by atoms with Crippen LogP contribution in [0.1, 0.15) is 65.7 Å². The van der Waals surface area contributed by atoms with Crippen molar-refractivity contribution in [3.8, 4) is 0 Å². The first-order valence-corrected chi connectivity index (χ1v) is 7.59. The van der Waals surface area contributed by atoms with Gasteiger partial charge < -0.3 is 9.64 Å². The van der Waals surface area contributed by atoms with Gasteiger partial charge in [-0.15, -0.1) is 0 Å². The van der Waals surface area contributed by atoms with Crippen LogP contribution in [0.25, 0.3) is 0 Å². The Kier molecular flexibility index (Phi) is 11.3. The molecule has 0 unspecified atom stereocenters. The second-order valence-electron chi connectivity index (χ2n) is 4.78. The summed E-state index contributed by atoms with van der Waals surface area (Å²) in [5.41, 5.74) is 0. The summed E-state index contributed by atoms with van der Waals surface area (Å²) in [5, 5.41) is 0. The zero-order chi connectivity index (χ0) is 14.5. The summed E-state index contributed by atoms with van der Waals surface area (Å²) in [5.74, 6) is -0.235. The number of unbranched alkanes of at least 4 members (excludes halogenated alkanes) is 4. The van der Waals surface area contributed by atoms with Crippen LogP contribution in [0, 0.1) is 0 Å². The average Bonchev–Trinajstić information content (AvgIpc) is 2.38. The maximum absolute atomic E-state index is 12.0. The summed E-state index contributed by atoms with van der Waals surface area (Å²) < 4.78 is 4.89. The van der Waals surface area contributed by atoms with Crippen LogP contribution < -0.4 is 0 Å². The van der Waals surface area contributed by atoms with Crippen molar-refractivity contribution in [1.29, 1.82) is 0 Å². The fourth-order valence-electron chi connectivity index (χ4n) is 1.96. The molecule has 0 aliphatic rings.